The molecule has 1 saturated carbocycles. The van der Waals surface area contributed by atoms with Gasteiger partial charge in [0.2, 0.25) is 0 Å². The van der Waals surface area contributed by atoms with Crippen LogP contribution in [-0.2, 0) is 4.74 Å². The van der Waals surface area contributed by atoms with Crippen molar-refractivity contribution in [3.63, 3.8) is 0 Å². The molecule has 4 nitrogen and oxygen atoms in total. The summed E-state index contributed by atoms with van der Waals surface area (Å²) in [7, 11) is 1.31. The summed E-state index contributed by atoms with van der Waals surface area (Å²) < 4.78 is 18.7. The molecule has 1 aliphatic rings. The molecule has 0 aliphatic heterocycles. The van der Waals surface area contributed by atoms with Gasteiger partial charge in [-0.1, -0.05) is 0 Å². The Labute approximate surface area is 131 Å². The van der Waals surface area contributed by atoms with Crippen LogP contribution in [0.3, 0.4) is 0 Å². The van der Waals surface area contributed by atoms with Gasteiger partial charge in [-0.05, 0) is 57.2 Å². The second-order valence-corrected chi connectivity index (χ2v) is 5.94. The summed E-state index contributed by atoms with van der Waals surface area (Å²) in [6, 6.07) is 3.37. The quantitative estimate of drug-likeness (QED) is 0.869. The van der Waals surface area contributed by atoms with Crippen molar-refractivity contribution < 1.29 is 13.9 Å². The minimum Gasteiger partial charge on any atom is -0.465 e. The van der Waals surface area contributed by atoms with Crippen molar-refractivity contribution >= 4 is 11.7 Å². The van der Waals surface area contributed by atoms with Crippen molar-refractivity contribution in [2.24, 2.45) is 5.73 Å². The molecule has 0 bridgehead atoms. The summed E-state index contributed by atoms with van der Waals surface area (Å²) in [5.74, 6) is -0.910. The van der Waals surface area contributed by atoms with E-state index in [0.29, 0.717) is 11.6 Å². The molecule has 1 aliphatic carbocycles. The maximum atomic E-state index is 14.0. The van der Waals surface area contributed by atoms with Crippen molar-refractivity contribution in [2.75, 3.05) is 18.6 Å². The Bertz CT molecular complexity index is 540. The van der Waals surface area contributed by atoms with Gasteiger partial charge in [0.1, 0.15) is 5.82 Å². The first kappa shape index (κ1) is 16.7. The van der Waals surface area contributed by atoms with Gasteiger partial charge in [-0.3, -0.25) is 0 Å². The van der Waals surface area contributed by atoms with Crippen molar-refractivity contribution in [3.05, 3.63) is 29.1 Å². The number of ether oxygens (including phenoxy) is 1. The minimum absolute atomic E-state index is 0.272. The van der Waals surface area contributed by atoms with Crippen LogP contribution in [-0.4, -0.2) is 31.7 Å². The van der Waals surface area contributed by atoms with E-state index in [4.69, 9.17) is 10.5 Å². The van der Waals surface area contributed by atoms with Gasteiger partial charge in [-0.2, -0.15) is 0 Å². The molecule has 22 heavy (non-hydrogen) atoms. The Kier molecular flexibility index (Phi) is 5.40. The summed E-state index contributed by atoms with van der Waals surface area (Å²) in [6.45, 7) is 4.67. The number of carbonyl (C=O) groups is 1. The van der Waals surface area contributed by atoms with E-state index in [0.717, 1.165) is 43.5 Å². The Morgan fingerprint density at radius 2 is 2.00 bits per heavy atom. The Morgan fingerprint density at radius 1 is 1.36 bits per heavy atom. The summed E-state index contributed by atoms with van der Waals surface area (Å²) in [5, 5.41) is 0. The predicted octanol–water partition coefficient (Wildman–Crippen LogP) is 3.02. The molecule has 1 fully saturated rings. The van der Waals surface area contributed by atoms with Gasteiger partial charge in [-0.15, -0.1) is 0 Å². The summed E-state index contributed by atoms with van der Waals surface area (Å²) in [5.41, 5.74) is 7.82. The Hall–Kier alpha value is -1.62. The topological polar surface area (TPSA) is 55.6 Å². The van der Waals surface area contributed by atoms with Crippen molar-refractivity contribution in [1.29, 1.82) is 0 Å². The van der Waals surface area contributed by atoms with Gasteiger partial charge in [0.05, 0.1) is 12.7 Å². The molecule has 0 heterocycles. The molecular formula is C17H25FN2O2. The molecule has 0 atom stereocenters. The zero-order chi connectivity index (χ0) is 16.3. The third-order valence-corrected chi connectivity index (χ3v) is 4.58. The highest BCUT2D eigenvalue weighted by Gasteiger charge is 2.26. The minimum atomic E-state index is -0.500. The predicted molar refractivity (Wildman–Crippen MR) is 85.7 cm³/mol. The number of anilines is 1. The van der Waals surface area contributed by atoms with E-state index in [9.17, 15) is 9.18 Å². The molecule has 122 valence electrons. The van der Waals surface area contributed by atoms with E-state index in [2.05, 4.69) is 11.8 Å². The highest BCUT2D eigenvalue weighted by atomic mass is 19.1. The molecule has 0 saturated heterocycles. The van der Waals surface area contributed by atoms with Crippen molar-refractivity contribution in [3.8, 4) is 0 Å². The van der Waals surface area contributed by atoms with Crippen LogP contribution in [0.4, 0.5) is 10.1 Å². The zero-order valence-corrected chi connectivity index (χ0v) is 13.6. The lowest BCUT2D eigenvalue weighted by Gasteiger charge is -2.38. The largest absolute Gasteiger partial charge is 0.465 e. The highest BCUT2D eigenvalue weighted by molar-refractivity contribution is 5.92. The number of benzene rings is 1. The maximum absolute atomic E-state index is 14.0. The zero-order valence-electron chi connectivity index (χ0n) is 13.6. The molecule has 1 aromatic carbocycles. The molecule has 0 aromatic heterocycles. The molecule has 0 spiro atoms. The van der Waals surface area contributed by atoms with E-state index < -0.39 is 11.8 Å². The molecular weight excluding hydrogens is 283 g/mol. The average molecular weight is 308 g/mol. The van der Waals surface area contributed by atoms with Crippen molar-refractivity contribution in [2.45, 2.75) is 51.6 Å². The number of methoxy groups -OCH3 is 1. The van der Waals surface area contributed by atoms with Crippen LogP contribution in [0.1, 0.15) is 48.5 Å². The third kappa shape index (κ3) is 3.40. The first-order chi connectivity index (χ1) is 10.5. The van der Waals surface area contributed by atoms with Crippen LogP contribution in [0.2, 0.25) is 0 Å². The lowest BCUT2D eigenvalue weighted by Crippen LogP contribution is -2.41. The highest BCUT2D eigenvalue weighted by Crippen LogP contribution is 2.31. The first-order valence-corrected chi connectivity index (χ1v) is 7.88. The van der Waals surface area contributed by atoms with E-state index >= 15 is 0 Å². The van der Waals surface area contributed by atoms with Gasteiger partial charge >= 0.3 is 5.97 Å². The molecule has 0 amide bonds. The third-order valence-electron chi connectivity index (χ3n) is 4.58. The monoisotopic (exact) mass is 308 g/mol. The lowest BCUT2D eigenvalue weighted by molar-refractivity contribution is 0.0599. The number of nitrogens with zero attached hydrogens (tertiary/aromatic N) is 1. The lowest BCUT2D eigenvalue weighted by atomic mass is 9.90. The van der Waals surface area contributed by atoms with Crippen LogP contribution in [0, 0.1) is 12.7 Å². The second-order valence-electron chi connectivity index (χ2n) is 5.94. The van der Waals surface area contributed by atoms with Gasteiger partial charge < -0.3 is 15.4 Å². The molecule has 1 aromatic rings. The molecule has 5 heteroatoms. The van der Waals surface area contributed by atoms with Crippen LogP contribution in [0.5, 0.6) is 0 Å². The Balaban J connectivity index is 2.36. The summed E-state index contributed by atoms with van der Waals surface area (Å²) in [6.07, 6.45) is 3.97. The fraction of sp³-hybridized carbons (Fsp3) is 0.588. The molecule has 2 N–H and O–H groups in total. The number of esters is 1. The standard InChI is InChI=1S/C17H25FN2O2/c1-4-20(14-7-5-13(19)6-8-14)16-10-12(18)9-15(11(16)2)17(21)22-3/h9-10,13-14H,4-8,19H2,1-3H3. The van der Waals surface area contributed by atoms with Gasteiger partial charge in [0.25, 0.3) is 0 Å². The number of hydrogen-bond acceptors (Lipinski definition) is 4. The van der Waals surface area contributed by atoms with Crippen LogP contribution in [0.25, 0.3) is 0 Å². The Morgan fingerprint density at radius 3 is 2.55 bits per heavy atom. The molecule has 0 radical (unpaired) electrons. The first-order valence-electron chi connectivity index (χ1n) is 7.88. The molecule has 0 unspecified atom stereocenters. The second kappa shape index (κ2) is 7.09. The van der Waals surface area contributed by atoms with Crippen LogP contribution in [0.15, 0.2) is 12.1 Å². The number of hydrogen-bond donors (Lipinski definition) is 1. The van der Waals surface area contributed by atoms with E-state index in [1.165, 1.54) is 19.2 Å². The van der Waals surface area contributed by atoms with E-state index in [-0.39, 0.29) is 6.04 Å². The maximum Gasteiger partial charge on any atom is 0.338 e. The van der Waals surface area contributed by atoms with Crippen LogP contribution >= 0.6 is 0 Å². The molecule has 2 rings (SSSR count). The normalized spacial score (nSPS) is 21.5. The van der Waals surface area contributed by atoms with Crippen molar-refractivity contribution in [1.82, 2.24) is 0 Å². The summed E-state index contributed by atoms with van der Waals surface area (Å²) >= 11 is 0. The fourth-order valence-electron chi connectivity index (χ4n) is 3.32. The van der Waals surface area contributed by atoms with Gasteiger partial charge in [0.15, 0.2) is 0 Å². The van der Waals surface area contributed by atoms with E-state index in [1.54, 1.807) is 0 Å². The number of halogens is 1. The summed E-state index contributed by atoms with van der Waals surface area (Å²) in [4.78, 5) is 14.0. The van der Waals surface area contributed by atoms with Gasteiger partial charge in [0, 0.05) is 24.3 Å². The number of carbonyl (C=O) groups excluding carboxylic acids is 1. The fourth-order valence-corrected chi connectivity index (χ4v) is 3.32. The SMILES string of the molecule is CCN(c1cc(F)cc(C(=O)OC)c1C)C1CCC(N)CC1. The number of nitrogens with two attached hydrogens (primary N) is 1. The van der Waals surface area contributed by atoms with Crippen LogP contribution < -0.4 is 10.6 Å². The number of rotatable bonds is 4. The van der Waals surface area contributed by atoms with Gasteiger partial charge in [-0.25, -0.2) is 9.18 Å². The smallest absolute Gasteiger partial charge is 0.338 e. The van der Waals surface area contributed by atoms with E-state index in [1.807, 2.05) is 6.92 Å². The average Bonchev–Trinajstić information content (AvgIpc) is 2.52.